The number of benzene rings is 1. The Morgan fingerprint density at radius 3 is 2.60 bits per heavy atom. The summed E-state index contributed by atoms with van der Waals surface area (Å²) in [6, 6.07) is 10.0. The van der Waals surface area contributed by atoms with Crippen molar-refractivity contribution in [1.82, 2.24) is 19.9 Å². The number of anilines is 1. The molecule has 0 aliphatic heterocycles. The third kappa shape index (κ3) is 4.32. The molecule has 5 nitrogen and oxygen atoms in total. The molecule has 0 aliphatic rings. The first-order valence-corrected chi connectivity index (χ1v) is 9.07. The van der Waals surface area contributed by atoms with Crippen molar-refractivity contribution in [3.8, 4) is 11.4 Å². The molecular formula is C19H22BrN5. The summed E-state index contributed by atoms with van der Waals surface area (Å²) < 4.78 is 1.01. The fourth-order valence-electron chi connectivity index (χ4n) is 2.73. The number of halogens is 1. The predicted octanol–water partition coefficient (Wildman–Crippen LogP) is 3.84. The van der Waals surface area contributed by atoms with E-state index in [1.807, 2.05) is 24.3 Å². The van der Waals surface area contributed by atoms with Crippen molar-refractivity contribution in [2.24, 2.45) is 0 Å². The fourth-order valence-corrected chi connectivity index (χ4v) is 3.08. The Morgan fingerprint density at radius 2 is 1.88 bits per heavy atom. The average molecular weight is 400 g/mol. The number of pyridine rings is 1. The van der Waals surface area contributed by atoms with Gasteiger partial charge in [-0.15, -0.1) is 0 Å². The minimum atomic E-state index is 0.702. The zero-order chi connectivity index (χ0) is 17.8. The maximum absolute atomic E-state index is 4.84. The van der Waals surface area contributed by atoms with Crippen LogP contribution in [0.3, 0.4) is 0 Å². The molecule has 3 rings (SSSR count). The molecule has 0 atom stereocenters. The normalized spacial score (nSPS) is 11.2. The molecular weight excluding hydrogens is 378 g/mol. The van der Waals surface area contributed by atoms with Crippen molar-refractivity contribution in [2.45, 2.75) is 6.42 Å². The first-order valence-electron chi connectivity index (χ1n) is 8.28. The van der Waals surface area contributed by atoms with Crippen molar-refractivity contribution in [3.05, 3.63) is 47.2 Å². The Morgan fingerprint density at radius 1 is 1.04 bits per heavy atom. The maximum atomic E-state index is 4.84. The standard InChI is InChI=1S/C19H22BrN5/c1-24(2)10-5-11-25(3)19-16-8-7-15(20)12-17(16)22-18(23-19)14-6-4-9-21-13-14/h4,6-9,12-13H,5,10-11H2,1-3H3. The van der Waals surface area contributed by atoms with Crippen LogP contribution in [0.1, 0.15) is 6.42 Å². The smallest absolute Gasteiger partial charge is 0.163 e. The van der Waals surface area contributed by atoms with Crippen LogP contribution >= 0.6 is 15.9 Å². The van der Waals surface area contributed by atoms with Crippen molar-refractivity contribution < 1.29 is 0 Å². The van der Waals surface area contributed by atoms with Gasteiger partial charge in [0, 0.05) is 41.4 Å². The molecule has 6 heteroatoms. The van der Waals surface area contributed by atoms with E-state index in [0.717, 1.165) is 46.3 Å². The van der Waals surface area contributed by atoms with Crippen LogP contribution < -0.4 is 4.90 Å². The van der Waals surface area contributed by atoms with Gasteiger partial charge in [-0.3, -0.25) is 4.98 Å². The summed E-state index contributed by atoms with van der Waals surface area (Å²) in [5.41, 5.74) is 1.85. The molecule has 2 aromatic heterocycles. The highest BCUT2D eigenvalue weighted by Crippen LogP contribution is 2.28. The number of aromatic nitrogens is 3. The lowest BCUT2D eigenvalue weighted by Gasteiger charge is -2.21. The monoisotopic (exact) mass is 399 g/mol. The van der Waals surface area contributed by atoms with Gasteiger partial charge in [0.2, 0.25) is 0 Å². The highest BCUT2D eigenvalue weighted by Gasteiger charge is 2.13. The SMILES string of the molecule is CN(C)CCCN(C)c1nc(-c2cccnc2)nc2cc(Br)ccc12. The lowest BCUT2D eigenvalue weighted by atomic mass is 10.2. The Hall–Kier alpha value is -2.05. The van der Waals surface area contributed by atoms with Crippen LogP contribution in [0.15, 0.2) is 47.2 Å². The van der Waals surface area contributed by atoms with Crippen molar-refractivity contribution in [2.75, 3.05) is 39.1 Å². The van der Waals surface area contributed by atoms with E-state index < -0.39 is 0 Å². The molecule has 0 radical (unpaired) electrons. The molecule has 3 aromatic rings. The summed E-state index contributed by atoms with van der Waals surface area (Å²) >= 11 is 3.54. The van der Waals surface area contributed by atoms with Crippen LogP contribution in [-0.4, -0.2) is 54.1 Å². The quantitative estimate of drug-likeness (QED) is 0.629. The van der Waals surface area contributed by atoms with E-state index in [2.05, 4.69) is 57.9 Å². The summed E-state index contributed by atoms with van der Waals surface area (Å²) in [4.78, 5) is 18.2. The van der Waals surface area contributed by atoms with Gasteiger partial charge in [-0.2, -0.15) is 0 Å². The van der Waals surface area contributed by atoms with Crippen LogP contribution in [0.4, 0.5) is 5.82 Å². The van der Waals surface area contributed by atoms with Gasteiger partial charge in [0.25, 0.3) is 0 Å². The number of hydrogen-bond acceptors (Lipinski definition) is 5. The summed E-state index contributed by atoms with van der Waals surface area (Å²) in [6.45, 7) is 1.99. The fraction of sp³-hybridized carbons (Fsp3) is 0.316. The van der Waals surface area contributed by atoms with Crippen LogP contribution in [0.2, 0.25) is 0 Å². The second kappa shape index (κ2) is 7.89. The Balaban J connectivity index is 2.03. The zero-order valence-corrected chi connectivity index (χ0v) is 16.4. The van der Waals surface area contributed by atoms with Gasteiger partial charge in [-0.25, -0.2) is 9.97 Å². The number of rotatable bonds is 6. The second-order valence-electron chi connectivity index (χ2n) is 6.35. The molecule has 0 saturated heterocycles. The summed E-state index contributed by atoms with van der Waals surface area (Å²) in [6.07, 6.45) is 4.64. The molecule has 0 fully saturated rings. The molecule has 0 aliphatic carbocycles. The molecule has 0 amide bonds. The zero-order valence-electron chi connectivity index (χ0n) is 14.8. The average Bonchev–Trinajstić information content (AvgIpc) is 2.60. The second-order valence-corrected chi connectivity index (χ2v) is 7.27. The molecule has 1 aromatic carbocycles. The molecule has 0 N–H and O–H groups in total. The first kappa shape index (κ1) is 17.8. The van der Waals surface area contributed by atoms with E-state index in [4.69, 9.17) is 9.97 Å². The topological polar surface area (TPSA) is 45.2 Å². The van der Waals surface area contributed by atoms with E-state index in [-0.39, 0.29) is 0 Å². The van der Waals surface area contributed by atoms with E-state index in [0.29, 0.717) is 5.82 Å². The van der Waals surface area contributed by atoms with Crippen LogP contribution in [0, 0.1) is 0 Å². The summed E-state index contributed by atoms with van der Waals surface area (Å²) in [7, 11) is 6.28. The van der Waals surface area contributed by atoms with Crippen LogP contribution in [-0.2, 0) is 0 Å². The third-order valence-corrected chi connectivity index (χ3v) is 4.51. The largest absolute Gasteiger partial charge is 0.359 e. The van der Waals surface area contributed by atoms with Gasteiger partial charge in [-0.1, -0.05) is 15.9 Å². The highest BCUT2D eigenvalue weighted by molar-refractivity contribution is 9.10. The van der Waals surface area contributed by atoms with E-state index >= 15 is 0 Å². The molecule has 0 saturated carbocycles. The van der Waals surface area contributed by atoms with Crippen molar-refractivity contribution >= 4 is 32.7 Å². The van der Waals surface area contributed by atoms with Gasteiger partial charge >= 0.3 is 0 Å². The van der Waals surface area contributed by atoms with Crippen molar-refractivity contribution in [3.63, 3.8) is 0 Å². The first-order chi connectivity index (χ1) is 12.0. The van der Waals surface area contributed by atoms with Gasteiger partial charge in [0.15, 0.2) is 5.82 Å². The molecule has 0 unspecified atom stereocenters. The minimum Gasteiger partial charge on any atom is -0.359 e. The molecule has 25 heavy (non-hydrogen) atoms. The van der Waals surface area contributed by atoms with Crippen LogP contribution in [0.25, 0.3) is 22.3 Å². The Kier molecular flexibility index (Phi) is 5.60. The number of fused-ring (bicyclic) bond motifs is 1. The molecule has 130 valence electrons. The lowest BCUT2D eigenvalue weighted by Crippen LogP contribution is -2.24. The van der Waals surface area contributed by atoms with Gasteiger partial charge < -0.3 is 9.80 Å². The van der Waals surface area contributed by atoms with Gasteiger partial charge in [0.1, 0.15) is 5.82 Å². The van der Waals surface area contributed by atoms with Gasteiger partial charge in [0.05, 0.1) is 5.52 Å². The van der Waals surface area contributed by atoms with E-state index in [9.17, 15) is 0 Å². The van der Waals surface area contributed by atoms with Crippen molar-refractivity contribution in [1.29, 1.82) is 0 Å². The Bertz CT molecular complexity index is 851. The summed E-state index contributed by atoms with van der Waals surface area (Å²) in [5.74, 6) is 1.66. The van der Waals surface area contributed by atoms with Crippen LogP contribution in [0.5, 0.6) is 0 Å². The maximum Gasteiger partial charge on any atom is 0.163 e. The third-order valence-electron chi connectivity index (χ3n) is 4.02. The lowest BCUT2D eigenvalue weighted by molar-refractivity contribution is 0.401. The molecule has 0 spiro atoms. The minimum absolute atomic E-state index is 0.702. The molecule has 0 bridgehead atoms. The highest BCUT2D eigenvalue weighted by atomic mass is 79.9. The van der Waals surface area contributed by atoms with E-state index in [1.165, 1.54) is 0 Å². The molecule has 2 heterocycles. The number of nitrogens with zero attached hydrogens (tertiary/aromatic N) is 5. The van der Waals surface area contributed by atoms with Gasteiger partial charge in [-0.05, 0) is 57.4 Å². The predicted molar refractivity (Wildman–Crippen MR) is 107 cm³/mol. The number of hydrogen-bond donors (Lipinski definition) is 0. The summed E-state index contributed by atoms with van der Waals surface area (Å²) in [5, 5.41) is 1.06. The van der Waals surface area contributed by atoms with E-state index in [1.54, 1.807) is 12.4 Å². The Labute approximate surface area is 156 Å².